The molecule has 1 unspecified atom stereocenters. The van der Waals surface area contributed by atoms with E-state index in [2.05, 4.69) is 32.9 Å². The highest BCUT2D eigenvalue weighted by molar-refractivity contribution is 5.73. The Morgan fingerprint density at radius 2 is 1.52 bits per heavy atom. The first kappa shape index (κ1) is 17.1. The molecule has 136 valence electrons. The van der Waals surface area contributed by atoms with Crippen molar-refractivity contribution in [3.8, 4) is 5.75 Å². The predicted octanol–water partition coefficient (Wildman–Crippen LogP) is 5.96. The molecule has 0 aliphatic heterocycles. The van der Waals surface area contributed by atoms with E-state index < -0.39 is 0 Å². The molecule has 0 spiro atoms. The second kappa shape index (κ2) is 6.45. The molecule has 0 aromatic heterocycles. The third-order valence-electron chi connectivity index (χ3n) is 7.32. The Labute approximate surface area is 152 Å². The maximum absolute atomic E-state index is 12.6. The molecule has 4 aliphatic carbocycles. The summed E-state index contributed by atoms with van der Waals surface area (Å²) in [4.78, 5) is 12.6. The predicted molar refractivity (Wildman–Crippen MR) is 101 cm³/mol. The van der Waals surface area contributed by atoms with Crippen LogP contribution >= 0.6 is 0 Å². The standard InChI is InChI=1S/C23H32O2/c1-15(2)16(3)20-4-6-21(7-5-20)25-22(24)14-23-11-17-8-18(12-23)10-19(9-17)13-23/h4-7,15-19H,8-14H2,1-3H3. The number of ether oxygens (including phenoxy) is 1. The Morgan fingerprint density at radius 1 is 1.00 bits per heavy atom. The first-order chi connectivity index (χ1) is 11.9. The zero-order valence-electron chi connectivity index (χ0n) is 16.0. The second-order valence-electron chi connectivity index (χ2n) is 9.67. The number of rotatable bonds is 5. The molecule has 1 aromatic rings. The number of hydrogen-bond donors (Lipinski definition) is 0. The highest BCUT2D eigenvalue weighted by Crippen LogP contribution is 2.61. The molecule has 1 aromatic carbocycles. The summed E-state index contributed by atoms with van der Waals surface area (Å²) >= 11 is 0. The minimum absolute atomic E-state index is 0.0217. The SMILES string of the molecule is CC(C)C(C)c1ccc(OC(=O)CC23CC4CC(CC(C4)C2)C3)cc1. The topological polar surface area (TPSA) is 26.3 Å². The molecule has 4 bridgehead atoms. The van der Waals surface area contributed by atoms with E-state index in [0.29, 0.717) is 24.0 Å². The number of esters is 1. The minimum atomic E-state index is -0.0217. The third-order valence-corrected chi connectivity index (χ3v) is 7.32. The highest BCUT2D eigenvalue weighted by Gasteiger charge is 2.51. The van der Waals surface area contributed by atoms with Crippen LogP contribution in [0.1, 0.15) is 77.2 Å². The molecule has 0 heterocycles. The van der Waals surface area contributed by atoms with Crippen LogP contribution in [0.2, 0.25) is 0 Å². The van der Waals surface area contributed by atoms with E-state index >= 15 is 0 Å². The van der Waals surface area contributed by atoms with Crippen LogP contribution in [-0.4, -0.2) is 5.97 Å². The van der Waals surface area contributed by atoms with Crippen LogP contribution in [0.5, 0.6) is 5.75 Å². The van der Waals surface area contributed by atoms with Crippen molar-refractivity contribution >= 4 is 5.97 Å². The van der Waals surface area contributed by atoms with Gasteiger partial charge in [-0.25, -0.2) is 0 Å². The smallest absolute Gasteiger partial charge is 0.311 e. The number of benzene rings is 1. The normalized spacial score (nSPS) is 34.3. The summed E-state index contributed by atoms with van der Waals surface area (Å²) in [6, 6.07) is 8.15. The Hall–Kier alpha value is -1.31. The Bertz CT molecular complexity index is 593. The largest absolute Gasteiger partial charge is 0.427 e. The molecule has 4 aliphatic rings. The lowest BCUT2D eigenvalue weighted by atomic mass is 9.49. The van der Waals surface area contributed by atoms with Crippen LogP contribution in [0.15, 0.2) is 24.3 Å². The summed E-state index contributed by atoms with van der Waals surface area (Å²) in [5.41, 5.74) is 1.58. The monoisotopic (exact) mass is 340 g/mol. The lowest BCUT2D eigenvalue weighted by molar-refractivity contribution is -0.142. The first-order valence-corrected chi connectivity index (χ1v) is 10.2. The number of carbonyl (C=O) groups excluding carboxylic acids is 1. The number of carbonyl (C=O) groups is 1. The van der Waals surface area contributed by atoms with E-state index in [-0.39, 0.29) is 11.4 Å². The van der Waals surface area contributed by atoms with Gasteiger partial charge in [0.25, 0.3) is 0 Å². The second-order valence-corrected chi connectivity index (χ2v) is 9.67. The van der Waals surface area contributed by atoms with Gasteiger partial charge in [-0.15, -0.1) is 0 Å². The molecular formula is C23H32O2. The van der Waals surface area contributed by atoms with Crippen molar-refractivity contribution in [2.45, 2.75) is 71.6 Å². The van der Waals surface area contributed by atoms with Gasteiger partial charge in [0.2, 0.25) is 0 Å². The fourth-order valence-corrected chi connectivity index (χ4v) is 6.20. The molecule has 0 amide bonds. The van der Waals surface area contributed by atoms with Crippen LogP contribution in [0.3, 0.4) is 0 Å². The van der Waals surface area contributed by atoms with Crippen LogP contribution in [0.25, 0.3) is 0 Å². The van der Waals surface area contributed by atoms with E-state index in [4.69, 9.17) is 4.74 Å². The van der Waals surface area contributed by atoms with Crippen molar-refractivity contribution in [3.63, 3.8) is 0 Å². The molecule has 2 heteroatoms. The van der Waals surface area contributed by atoms with Gasteiger partial charge < -0.3 is 4.74 Å². The van der Waals surface area contributed by atoms with Gasteiger partial charge in [0.15, 0.2) is 0 Å². The van der Waals surface area contributed by atoms with Gasteiger partial charge >= 0.3 is 5.97 Å². The van der Waals surface area contributed by atoms with Crippen LogP contribution in [0, 0.1) is 29.1 Å². The lowest BCUT2D eigenvalue weighted by Crippen LogP contribution is -2.47. The van der Waals surface area contributed by atoms with Gasteiger partial charge in [-0.3, -0.25) is 4.79 Å². The zero-order chi connectivity index (χ0) is 17.6. The average molecular weight is 341 g/mol. The van der Waals surface area contributed by atoms with E-state index in [9.17, 15) is 4.79 Å². The summed E-state index contributed by atoms with van der Waals surface area (Å²) in [6.45, 7) is 6.73. The highest BCUT2D eigenvalue weighted by atomic mass is 16.5. The molecule has 4 fully saturated rings. The molecule has 5 rings (SSSR count). The van der Waals surface area contributed by atoms with Crippen molar-refractivity contribution in [1.29, 1.82) is 0 Å². The van der Waals surface area contributed by atoms with Gasteiger partial charge in [0.05, 0.1) is 6.42 Å². The Morgan fingerprint density at radius 3 is 2.00 bits per heavy atom. The molecular weight excluding hydrogens is 308 g/mol. The zero-order valence-corrected chi connectivity index (χ0v) is 16.0. The van der Waals surface area contributed by atoms with Gasteiger partial charge in [-0.1, -0.05) is 32.9 Å². The van der Waals surface area contributed by atoms with E-state index in [1.807, 2.05) is 12.1 Å². The van der Waals surface area contributed by atoms with Crippen molar-refractivity contribution in [2.75, 3.05) is 0 Å². The third kappa shape index (κ3) is 3.50. The van der Waals surface area contributed by atoms with Gasteiger partial charge in [-0.2, -0.15) is 0 Å². The first-order valence-electron chi connectivity index (χ1n) is 10.2. The molecule has 1 atom stereocenters. The van der Waals surface area contributed by atoms with Crippen molar-refractivity contribution in [1.82, 2.24) is 0 Å². The van der Waals surface area contributed by atoms with E-state index in [0.717, 1.165) is 17.8 Å². The fourth-order valence-electron chi connectivity index (χ4n) is 6.20. The molecule has 25 heavy (non-hydrogen) atoms. The van der Waals surface area contributed by atoms with E-state index in [1.54, 1.807) is 0 Å². The van der Waals surface area contributed by atoms with Crippen molar-refractivity contribution in [3.05, 3.63) is 29.8 Å². The van der Waals surface area contributed by atoms with Gasteiger partial charge in [0.1, 0.15) is 5.75 Å². The van der Waals surface area contributed by atoms with Crippen LogP contribution in [0.4, 0.5) is 0 Å². The Balaban J connectivity index is 1.38. The summed E-state index contributed by atoms with van der Waals surface area (Å²) in [6.07, 6.45) is 8.68. The van der Waals surface area contributed by atoms with Gasteiger partial charge in [0, 0.05) is 0 Å². The van der Waals surface area contributed by atoms with Gasteiger partial charge in [-0.05, 0) is 91.2 Å². The molecule has 0 radical (unpaired) electrons. The quantitative estimate of drug-likeness (QED) is 0.488. The van der Waals surface area contributed by atoms with Crippen LogP contribution < -0.4 is 4.74 Å². The van der Waals surface area contributed by atoms with Crippen molar-refractivity contribution < 1.29 is 9.53 Å². The minimum Gasteiger partial charge on any atom is -0.427 e. The molecule has 0 saturated heterocycles. The average Bonchev–Trinajstić information content (AvgIpc) is 2.52. The van der Waals surface area contributed by atoms with Crippen LogP contribution in [-0.2, 0) is 4.79 Å². The Kier molecular flexibility index (Phi) is 4.42. The summed E-state index contributed by atoms with van der Waals surface area (Å²) in [7, 11) is 0. The summed E-state index contributed by atoms with van der Waals surface area (Å²) in [5, 5.41) is 0. The lowest BCUT2D eigenvalue weighted by Gasteiger charge is -2.56. The maximum atomic E-state index is 12.6. The maximum Gasteiger partial charge on any atom is 0.311 e. The fraction of sp³-hybridized carbons (Fsp3) is 0.696. The van der Waals surface area contributed by atoms with E-state index in [1.165, 1.54) is 44.1 Å². The van der Waals surface area contributed by atoms with Crippen molar-refractivity contribution in [2.24, 2.45) is 29.1 Å². The number of hydrogen-bond acceptors (Lipinski definition) is 2. The summed E-state index contributed by atoms with van der Waals surface area (Å²) < 4.78 is 5.71. The molecule has 4 saturated carbocycles. The molecule has 2 nitrogen and oxygen atoms in total. The molecule has 0 N–H and O–H groups in total. The summed E-state index contributed by atoms with van der Waals surface area (Å²) in [5.74, 6) is 4.48.